The summed E-state index contributed by atoms with van der Waals surface area (Å²) in [5.41, 5.74) is 6.01. The molecule has 0 aliphatic rings. The van der Waals surface area contributed by atoms with E-state index in [2.05, 4.69) is 9.71 Å². The average Bonchev–Trinajstić information content (AvgIpc) is 2.81. The number of hydrogen-bond donors (Lipinski definition) is 4. The molecule has 0 aliphatic carbocycles. The highest BCUT2D eigenvalue weighted by Crippen LogP contribution is 2.25. The molecule has 20 heavy (non-hydrogen) atoms. The molecule has 0 fully saturated rings. The van der Waals surface area contributed by atoms with Gasteiger partial charge in [0.1, 0.15) is 4.90 Å². The lowest BCUT2D eigenvalue weighted by Gasteiger charge is -2.26. The van der Waals surface area contributed by atoms with Crippen LogP contribution in [-0.4, -0.2) is 30.7 Å². The van der Waals surface area contributed by atoms with E-state index in [1.807, 2.05) is 6.92 Å². The maximum Gasteiger partial charge on any atom is 0.243 e. The number of hydrogen-bond acceptors (Lipinski definition) is 4. The Bertz CT molecular complexity index is 718. The van der Waals surface area contributed by atoms with E-state index in [4.69, 9.17) is 5.73 Å². The fourth-order valence-corrected chi connectivity index (χ4v) is 3.58. The van der Waals surface area contributed by atoms with Crippen molar-refractivity contribution in [3.8, 4) is 0 Å². The number of aliphatic hydroxyl groups excluding tert-OH is 1. The Balaban J connectivity index is 2.47. The van der Waals surface area contributed by atoms with Crippen molar-refractivity contribution < 1.29 is 13.5 Å². The number of sulfonamides is 1. The second kappa shape index (κ2) is 5.08. The van der Waals surface area contributed by atoms with Crippen molar-refractivity contribution in [3.63, 3.8) is 0 Å². The Morgan fingerprint density at radius 1 is 1.45 bits per heavy atom. The quantitative estimate of drug-likeness (QED) is 0.622. The summed E-state index contributed by atoms with van der Waals surface area (Å²) in [6.07, 6.45) is 1.91. The number of H-pyrrole nitrogens is 1. The first kappa shape index (κ1) is 14.8. The molecule has 0 amide bonds. The molecule has 7 heteroatoms. The van der Waals surface area contributed by atoms with Crippen molar-refractivity contribution in [3.05, 3.63) is 24.4 Å². The van der Waals surface area contributed by atoms with Crippen molar-refractivity contribution in [1.82, 2.24) is 9.71 Å². The number of rotatable bonds is 5. The minimum Gasteiger partial charge on any atom is -0.399 e. The number of anilines is 1. The fourth-order valence-electron chi connectivity index (χ4n) is 1.94. The fraction of sp³-hybridized carbons (Fsp3) is 0.385. The molecule has 0 spiro atoms. The van der Waals surface area contributed by atoms with E-state index >= 15 is 0 Å². The Kier molecular flexibility index (Phi) is 3.77. The SMILES string of the molecule is CCC(C)(CO)NS(=O)(=O)c1c[nH]c2cc(N)ccc12. The number of aromatic amines is 1. The topological polar surface area (TPSA) is 108 Å². The van der Waals surface area contributed by atoms with E-state index < -0.39 is 15.6 Å². The molecule has 5 N–H and O–H groups in total. The van der Waals surface area contributed by atoms with Gasteiger partial charge in [0.25, 0.3) is 0 Å². The second-order valence-electron chi connectivity index (χ2n) is 5.14. The summed E-state index contributed by atoms with van der Waals surface area (Å²) in [7, 11) is -3.72. The molecule has 0 saturated carbocycles. The lowest BCUT2D eigenvalue weighted by Crippen LogP contribution is -2.48. The average molecular weight is 297 g/mol. The van der Waals surface area contributed by atoms with Crippen LogP contribution in [0.25, 0.3) is 10.9 Å². The predicted octanol–water partition coefficient (Wildman–Crippen LogP) is 1.19. The molecular weight excluding hydrogens is 278 g/mol. The van der Waals surface area contributed by atoms with Gasteiger partial charge in [-0.1, -0.05) is 6.92 Å². The lowest BCUT2D eigenvalue weighted by molar-refractivity contribution is 0.191. The van der Waals surface area contributed by atoms with Crippen LogP contribution in [0, 0.1) is 0 Å². The molecule has 1 aromatic carbocycles. The molecule has 0 saturated heterocycles. The number of fused-ring (bicyclic) bond motifs is 1. The van der Waals surface area contributed by atoms with Crippen molar-refractivity contribution in [1.29, 1.82) is 0 Å². The van der Waals surface area contributed by atoms with Crippen LogP contribution >= 0.6 is 0 Å². The van der Waals surface area contributed by atoms with Gasteiger partial charge < -0.3 is 15.8 Å². The zero-order chi connectivity index (χ0) is 15.0. The van der Waals surface area contributed by atoms with Gasteiger partial charge in [0, 0.05) is 22.8 Å². The van der Waals surface area contributed by atoms with Crippen molar-refractivity contribution in [2.45, 2.75) is 30.7 Å². The van der Waals surface area contributed by atoms with E-state index in [0.717, 1.165) is 0 Å². The first-order chi connectivity index (χ1) is 9.31. The summed E-state index contributed by atoms with van der Waals surface area (Å²) in [5, 5.41) is 9.92. The Hall–Kier alpha value is -1.57. The van der Waals surface area contributed by atoms with Crippen LogP contribution in [-0.2, 0) is 10.0 Å². The summed E-state index contributed by atoms with van der Waals surface area (Å²) in [6, 6.07) is 5.00. The van der Waals surface area contributed by atoms with Crippen LogP contribution < -0.4 is 10.5 Å². The summed E-state index contributed by atoms with van der Waals surface area (Å²) < 4.78 is 27.5. The maximum atomic E-state index is 12.5. The van der Waals surface area contributed by atoms with E-state index in [9.17, 15) is 13.5 Å². The van der Waals surface area contributed by atoms with Crippen molar-refractivity contribution in [2.24, 2.45) is 0 Å². The Morgan fingerprint density at radius 2 is 2.15 bits per heavy atom. The van der Waals surface area contributed by atoms with Gasteiger partial charge >= 0.3 is 0 Å². The number of aliphatic hydroxyl groups is 1. The molecule has 0 bridgehead atoms. The number of benzene rings is 1. The largest absolute Gasteiger partial charge is 0.399 e. The van der Waals surface area contributed by atoms with Gasteiger partial charge in [-0.15, -0.1) is 0 Å². The third-order valence-electron chi connectivity index (χ3n) is 3.47. The molecule has 2 rings (SSSR count). The third kappa shape index (κ3) is 2.65. The zero-order valence-electron chi connectivity index (χ0n) is 11.5. The summed E-state index contributed by atoms with van der Waals surface area (Å²) in [5.74, 6) is 0. The third-order valence-corrected chi connectivity index (χ3v) is 5.15. The molecule has 110 valence electrons. The van der Waals surface area contributed by atoms with Gasteiger partial charge in [0.05, 0.1) is 12.1 Å². The number of nitrogens with two attached hydrogens (primary N) is 1. The highest BCUT2D eigenvalue weighted by molar-refractivity contribution is 7.89. The number of nitrogen functional groups attached to an aromatic ring is 1. The lowest BCUT2D eigenvalue weighted by atomic mass is 10.0. The van der Waals surface area contributed by atoms with Crippen LogP contribution in [0.1, 0.15) is 20.3 Å². The number of aromatic nitrogens is 1. The first-order valence-electron chi connectivity index (χ1n) is 6.33. The van der Waals surface area contributed by atoms with E-state index in [0.29, 0.717) is 23.0 Å². The molecule has 1 unspecified atom stereocenters. The highest BCUT2D eigenvalue weighted by Gasteiger charge is 2.29. The molecule has 2 aromatic rings. The zero-order valence-corrected chi connectivity index (χ0v) is 12.3. The molecule has 0 aliphatic heterocycles. The summed E-state index contributed by atoms with van der Waals surface area (Å²) in [6.45, 7) is 3.21. The van der Waals surface area contributed by atoms with Gasteiger partial charge in [-0.2, -0.15) is 0 Å². The second-order valence-corrected chi connectivity index (χ2v) is 6.79. The van der Waals surface area contributed by atoms with Crippen LogP contribution in [0.5, 0.6) is 0 Å². The Labute approximate surface area is 118 Å². The van der Waals surface area contributed by atoms with Crippen LogP contribution in [0.15, 0.2) is 29.3 Å². The van der Waals surface area contributed by atoms with Crippen LogP contribution in [0.2, 0.25) is 0 Å². The van der Waals surface area contributed by atoms with Gasteiger partial charge in [-0.05, 0) is 31.5 Å². The first-order valence-corrected chi connectivity index (χ1v) is 7.81. The smallest absolute Gasteiger partial charge is 0.243 e. The predicted molar refractivity (Wildman–Crippen MR) is 78.8 cm³/mol. The molecule has 1 atom stereocenters. The maximum absolute atomic E-state index is 12.5. The van der Waals surface area contributed by atoms with E-state index in [-0.39, 0.29) is 11.5 Å². The van der Waals surface area contributed by atoms with Gasteiger partial charge in [-0.25, -0.2) is 13.1 Å². The summed E-state index contributed by atoms with van der Waals surface area (Å²) in [4.78, 5) is 3.05. The standard InChI is InChI=1S/C13H19N3O3S/c1-3-13(2,8-17)16-20(18,19)12-7-15-11-6-9(14)4-5-10(11)12/h4-7,15-17H,3,8,14H2,1-2H3. The van der Waals surface area contributed by atoms with Crippen LogP contribution in [0.4, 0.5) is 5.69 Å². The van der Waals surface area contributed by atoms with Gasteiger partial charge in [0.15, 0.2) is 0 Å². The van der Waals surface area contributed by atoms with Crippen LogP contribution in [0.3, 0.4) is 0 Å². The molecule has 1 heterocycles. The summed E-state index contributed by atoms with van der Waals surface area (Å²) >= 11 is 0. The van der Waals surface area contributed by atoms with Gasteiger partial charge in [0.2, 0.25) is 10.0 Å². The van der Waals surface area contributed by atoms with Crippen molar-refractivity contribution >= 4 is 26.6 Å². The minimum atomic E-state index is -3.72. The molecule has 1 aromatic heterocycles. The molecule has 0 radical (unpaired) electrons. The number of nitrogens with one attached hydrogen (secondary N) is 2. The van der Waals surface area contributed by atoms with E-state index in [1.165, 1.54) is 6.20 Å². The molecule has 6 nitrogen and oxygen atoms in total. The van der Waals surface area contributed by atoms with Gasteiger partial charge in [-0.3, -0.25) is 0 Å². The monoisotopic (exact) mass is 297 g/mol. The normalized spacial score (nSPS) is 15.3. The highest BCUT2D eigenvalue weighted by atomic mass is 32.2. The Morgan fingerprint density at radius 3 is 2.75 bits per heavy atom. The molecular formula is C13H19N3O3S. The van der Waals surface area contributed by atoms with E-state index in [1.54, 1.807) is 25.1 Å². The minimum absolute atomic E-state index is 0.153. The van der Waals surface area contributed by atoms with Crippen molar-refractivity contribution in [2.75, 3.05) is 12.3 Å².